The third kappa shape index (κ3) is 9.71. The second-order valence-corrected chi connectivity index (χ2v) is 9.44. The molecule has 36 heavy (non-hydrogen) atoms. The zero-order valence-corrected chi connectivity index (χ0v) is 21.3. The Hall–Kier alpha value is -3.37. The van der Waals surface area contributed by atoms with Crippen LogP contribution in [0.15, 0.2) is 60.7 Å². The molecule has 0 radical (unpaired) electrons. The molecule has 0 bridgehead atoms. The van der Waals surface area contributed by atoms with Gasteiger partial charge in [-0.05, 0) is 42.9 Å². The van der Waals surface area contributed by atoms with Crippen LogP contribution in [0.3, 0.4) is 0 Å². The summed E-state index contributed by atoms with van der Waals surface area (Å²) in [6.07, 6.45) is 2.60. The van der Waals surface area contributed by atoms with Gasteiger partial charge in [0.05, 0.1) is 6.04 Å². The molecule has 0 aliphatic rings. The fourth-order valence-corrected chi connectivity index (χ4v) is 3.94. The first-order valence-corrected chi connectivity index (χ1v) is 13.1. The standard InChI is InChI=1S/C26H34N4O5S/c1-17(23(31)29-21(26(34)35)13-14-36-2)28-25(33)22(16-19-11-7-4-8-12-19)30-24(32)20(27)15-18-9-5-3-6-10-18/h3-12,17,20-22H,13-16,27H2,1-2H3,(H,28,33)(H,29,31)(H,30,32)(H,34,35). The Bertz CT molecular complexity index is 1010. The molecule has 10 heteroatoms. The van der Waals surface area contributed by atoms with E-state index in [2.05, 4.69) is 16.0 Å². The topological polar surface area (TPSA) is 151 Å². The largest absolute Gasteiger partial charge is 0.480 e. The van der Waals surface area contributed by atoms with E-state index in [4.69, 9.17) is 5.73 Å². The van der Waals surface area contributed by atoms with E-state index in [-0.39, 0.29) is 12.8 Å². The van der Waals surface area contributed by atoms with E-state index in [1.807, 2.05) is 66.9 Å². The monoisotopic (exact) mass is 514 g/mol. The van der Waals surface area contributed by atoms with Crippen molar-refractivity contribution in [3.05, 3.63) is 71.8 Å². The molecule has 3 amide bonds. The van der Waals surface area contributed by atoms with Crippen molar-refractivity contribution in [3.8, 4) is 0 Å². The lowest BCUT2D eigenvalue weighted by atomic mass is 10.0. The van der Waals surface area contributed by atoms with Crippen molar-refractivity contribution in [2.45, 2.75) is 50.4 Å². The summed E-state index contributed by atoms with van der Waals surface area (Å²) < 4.78 is 0. The van der Waals surface area contributed by atoms with E-state index in [0.29, 0.717) is 12.2 Å². The Morgan fingerprint density at radius 1 is 0.806 bits per heavy atom. The van der Waals surface area contributed by atoms with Crippen LogP contribution in [-0.2, 0) is 32.0 Å². The predicted octanol–water partition coefficient (Wildman–Crippen LogP) is 1.11. The van der Waals surface area contributed by atoms with Gasteiger partial charge in [-0.3, -0.25) is 14.4 Å². The summed E-state index contributed by atoms with van der Waals surface area (Å²) in [6.45, 7) is 1.46. The molecule has 6 N–H and O–H groups in total. The highest BCUT2D eigenvalue weighted by Gasteiger charge is 2.28. The molecule has 0 heterocycles. The summed E-state index contributed by atoms with van der Waals surface area (Å²) in [5, 5.41) is 17.1. The molecule has 4 unspecified atom stereocenters. The smallest absolute Gasteiger partial charge is 0.326 e. The maximum Gasteiger partial charge on any atom is 0.326 e. The lowest BCUT2D eigenvalue weighted by Gasteiger charge is -2.24. The number of carboxylic acid groups (broad SMARTS) is 1. The molecule has 4 atom stereocenters. The normalized spacial score (nSPS) is 14.1. The molecule has 2 aromatic carbocycles. The lowest BCUT2D eigenvalue weighted by Crippen LogP contribution is -2.57. The van der Waals surface area contributed by atoms with Gasteiger partial charge in [-0.15, -0.1) is 0 Å². The van der Waals surface area contributed by atoms with E-state index in [1.165, 1.54) is 18.7 Å². The van der Waals surface area contributed by atoms with E-state index in [1.54, 1.807) is 0 Å². The van der Waals surface area contributed by atoms with Crippen molar-refractivity contribution in [2.75, 3.05) is 12.0 Å². The molecule has 0 saturated heterocycles. The van der Waals surface area contributed by atoms with Gasteiger partial charge in [0, 0.05) is 6.42 Å². The van der Waals surface area contributed by atoms with Gasteiger partial charge in [0.15, 0.2) is 0 Å². The molecule has 2 aromatic rings. The van der Waals surface area contributed by atoms with Crippen molar-refractivity contribution >= 4 is 35.5 Å². The first-order chi connectivity index (χ1) is 17.2. The Labute approximate surface area is 215 Å². The lowest BCUT2D eigenvalue weighted by molar-refractivity contribution is -0.142. The molecule has 0 saturated carbocycles. The number of carboxylic acids is 1. The van der Waals surface area contributed by atoms with Gasteiger partial charge in [0.25, 0.3) is 0 Å². The van der Waals surface area contributed by atoms with Crippen LogP contribution in [0.5, 0.6) is 0 Å². The SMILES string of the molecule is CSCCC(NC(=O)C(C)NC(=O)C(Cc1ccccc1)NC(=O)C(N)Cc1ccccc1)C(=O)O. The first-order valence-electron chi connectivity index (χ1n) is 11.7. The molecule has 2 rings (SSSR count). The summed E-state index contributed by atoms with van der Waals surface area (Å²) in [7, 11) is 0. The molecule has 0 aromatic heterocycles. The van der Waals surface area contributed by atoms with Crippen LogP contribution in [-0.4, -0.2) is 65.0 Å². The minimum absolute atomic E-state index is 0.191. The summed E-state index contributed by atoms with van der Waals surface area (Å²) in [6, 6.07) is 14.5. The van der Waals surface area contributed by atoms with Gasteiger partial charge >= 0.3 is 5.97 Å². The highest BCUT2D eigenvalue weighted by Crippen LogP contribution is 2.07. The third-order valence-corrected chi connectivity index (χ3v) is 6.17. The molecule has 0 aliphatic carbocycles. The van der Waals surface area contributed by atoms with E-state index >= 15 is 0 Å². The zero-order valence-electron chi connectivity index (χ0n) is 20.5. The van der Waals surface area contributed by atoms with Gasteiger partial charge in [-0.25, -0.2) is 4.79 Å². The quantitative estimate of drug-likeness (QED) is 0.253. The van der Waals surface area contributed by atoms with E-state index in [0.717, 1.165) is 11.1 Å². The summed E-state index contributed by atoms with van der Waals surface area (Å²) in [5.41, 5.74) is 7.81. The Morgan fingerprint density at radius 2 is 1.33 bits per heavy atom. The van der Waals surface area contributed by atoms with Crippen LogP contribution in [0.4, 0.5) is 0 Å². The maximum absolute atomic E-state index is 13.1. The molecular weight excluding hydrogens is 480 g/mol. The minimum Gasteiger partial charge on any atom is -0.480 e. The number of hydrogen-bond acceptors (Lipinski definition) is 6. The number of thioether (sulfide) groups is 1. The number of nitrogens with two attached hydrogens (primary N) is 1. The van der Waals surface area contributed by atoms with Crippen LogP contribution in [0.25, 0.3) is 0 Å². The number of aliphatic carboxylic acids is 1. The van der Waals surface area contributed by atoms with Crippen LogP contribution in [0, 0.1) is 0 Å². The zero-order chi connectivity index (χ0) is 26.5. The average molecular weight is 515 g/mol. The molecule has 0 fully saturated rings. The number of carbonyl (C=O) groups excluding carboxylic acids is 3. The number of hydrogen-bond donors (Lipinski definition) is 5. The van der Waals surface area contributed by atoms with Crippen LogP contribution >= 0.6 is 11.8 Å². The number of carbonyl (C=O) groups is 4. The minimum atomic E-state index is -1.14. The van der Waals surface area contributed by atoms with Crippen LogP contribution < -0.4 is 21.7 Å². The fourth-order valence-electron chi connectivity index (χ4n) is 3.47. The van der Waals surface area contributed by atoms with Crippen molar-refractivity contribution in [3.63, 3.8) is 0 Å². The number of rotatable bonds is 14. The van der Waals surface area contributed by atoms with E-state index < -0.39 is 47.9 Å². The molecule has 0 spiro atoms. The predicted molar refractivity (Wildman–Crippen MR) is 140 cm³/mol. The molecule has 9 nitrogen and oxygen atoms in total. The average Bonchev–Trinajstić information content (AvgIpc) is 2.86. The van der Waals surface area contributed by atoms with Crippen molar-refractivity contribution in [1.29, 1.82) is 0 Å². The summed E-state index contributed by atoms with van der Waals surface area (Å²) in [4.78, 5) is 49.9. The van der Waals surface area contributed by atoms with Gasteiger partial charge < -0.3 is 26.8 Å². The van der Waals surface area contributed by atoms with Gasteiger partial charge in [-0.1, -0.05) is 60.7 Å². The van der Waals surface area contributed by atoms with Crippen LogP contribution in [0.1, 0.15) is 24.5 Å². The third-order valence-electron chi connectivity index (χ3n) is 5.53. The fraction of sp³-hybridized carbons (Fsp3) is 0.385. The Balaban J connectivity index is 2.07. The maximum atomic E-state index is 13.1. The van der Waals surface area contributed by atoms with Gasteiger partial charge in [-0.2, -0.15) is 11.8 Å². The first kappa shape index (κ1) is 28.9. The highest BCUT2D eigenvalue weighted by molar-refractivity contribution is 7.98. The summed E-state index contributed by atoms with van der Waals surface area (Å²) >= 11 is 1.47. The van der Waals surface area contributed by atoms with Gasteiger partial charge in [0.2, 0.25) is 17.7 Å². The summed E-state index contributed by atoms with van der Waals surface area (Å²) in [5.74, 6) is -2.26. The number of benzene rings is 2. The molecular formula is C26H34N4O5S. The Kier molecular flexibility index (Phi) is 11.9. The van der Waals surface area contributed by atoms with E-state index in [9.17, 15) is 24.3 Å². The second-order valence-electron chi connectivity index (χ2n) is 8.46. The molecule has 0 aliphatic heterocycles. The number of nitrogens with one attached hydrogen (secondary N) is 3. The molecule has 194 valence electrons. The Morgan fingerprint density at radius 3 is 1.86 bits per heavy atom. The second kappa shape index (κ2) is 14.9. The highest BCUT2D eigenvalue weighted by atomic mass is 32.2. The van der Waals surface area contributed by atoms with Gasteiger partial charge in [0.1, 0.15) is 18.1 Å². The van der Waals surface area contributed by atoms with Crippen molar-refractivity contribution in [1.82, 2.24) is 16.0 Å². The van der Waals surface area contributed by atoms with Crippen LogP contribution in [0.2, 0.25) is 0 Å². The van der Waals surface area contributed by atoms with Crippen molar-refractivity contribution < 1.29 is 24.3 Å². The van der Waals surface area contributed by atoms with Crippen molar-refractivity contribution in [2.24, 2.45) is 5.73 Å². The number of amides is 3.